The highest BCUT2D eigenvalue weighted by Gasteiger charge is 2.31. The highest BCUT2D eigenvalue weighted by molar-refractivity contribution is 5.61. The largest absolute Gasteiger partial charge is 0.507 e. The van der Waals surface area contributed by atoms with Gasteiger partial charge >= 0.3 is 0 Å². The Kier molecular flexibility index (Phi) is 21.5. The van der Waals surface area contributed by atoms with E-state index in [4.69, 9.17) is 42.6 Å². The first-order valence-corrected chi connectivity index (χ1v) is 33.5. The molecule has 0 amide bonds. The molecule has 0 fully saturated rings. The fourth-order valence-electron chi connectivity index (χ4n) is 12.4. The summed E-state index contributed by atoms with van der Waals surface area (Å²) in [4.78, 5) is 0. The number of benzene rings is 6. The lowest BCUT2D eigenvalue weighted by Gasteiger charge is -2.29. The van der Waals surface area contributed by atoms with E-state index in [2.05, 4.69) is 197 Å². The number of hydrogen-bond donors (Lipinski definition) is 2. The van der Waals surface area contributed by atoms with Crippen molar-refractivity contribution in [3.8, 4) is 34.5 Å². The van der Waals surface area contributed by atoms with Crippen LogP contribution >= 0.6 is 0 Å². The first-order chi connectivity index (χ1) is 42.7. The van der Waals surface area contributed by atoms with E-state index in [1.165, 1.54) is 11.1 Å². The second kappa shape index (κ2) is 28.2. The molecular weight excluding hydrogens is 1140 g/mol. The van der Waals surface area contributed by atoms with Gasteiger partial charge in [0, 0.05) is 38.5 Å². The molecule has 3 aliphatic heterocycles. The minimum Gasteiger partial charge on any atom is -0.507 e. The van der Waals surface area contributed by atoms with E-state index in [1.807, 2.05) is 0 Å². The molecular formula is C80H108O11. The fourth-order valence-corrected chi connectivity index (χ4v) is 12.4. The second-order valence-corrected chi connectivity index (χ2v) is 31.8. The van der Waals surface area contributed by atoms with Crippen molar-refractivity contribution in [1.29, 1.82) is 0 Å². The van der Waals surface area contributed by atoms with Crippen LogP contribution < -0.4 is 18.9 Å². The van der Waals surface area contributed by atoms with Crippen molar-refractivity contribution in [2.24, 2.45) is 0 Å². The SMILES string of the molecule is CC(C)(C)c1cc2c(O)c(c1)Cc1cc(C(C)(C)C)cc3c1OCCOCCOCCOc1c(cc(C(C)(C)C)cc1Cc1cc(C(C)(C)C)cc4c1OCCOCCOCCOCCOc1c(cc(C(C)(C)C)cc1C4)C3)Cc1cc(C(C)(C)C)cc(c1O)C2. The van der Waals surface area contributed by atoms with Gasteiger partial charge in [-0.05, 0) is 133 Å². The maximum absolute atomic E-state index is 13.0. The van der Waals surface area contributed by atoms with Crippen LogP contribution in [0, 0.1) is 0 Å². The van der Waals surface area contributed by atoms with Gasteiger partial charge in [-0.25, -0.2) is 0 Å². The van der Waals surface area contributed by atoms with Crippen LogP contribution in [0.4, 0.5) is 0 Å². The second-order valence-electron chi connectivity index (χ2n) is 31.8. The predicted molar refractivity (Wildman–Crippen MR) is 367 cm³/mol. The lowest BCUT2D eigenvalue weighted by atomic mass is 9.79. The number of aromatic hydroxyl groups is 2. The maximum atomic E-state index is 13.0. The monoisotopic (exact) mass is 1240 g/mol. The van der Waals surface area contributed by atoms with Gasteiger partial charge in [0.05, 0.1) is 66.1 Å². The molecule has 494 valence electrons. The first kappa shape index (κ1) is 69.3. The Balaban J connectivity index is 1.44. The summed E-state index contributed by atoms with van der Waals surface area (Å²) in [6, 6.07) is 27.2. The fraction of sp³-hybridized carbons (Fsp3) is 0.550. The van der Waals surface area contributed by atoms with Gasteiger partial charge < -0.3 is 52.8 Å². The number of rotatable bonds is 0. The van der Waals surface area contributed by atoms with Gasteiger partial charge in [-0.15, -0.1) is 0 Å². The molecule has 91 heavy (non-hydrogen) atoms. The van der Waals surface area contributed by atoms with Crippen LogP contribution in [0.25, 0.3) is 0 Å². The Labute approximate surface area is 545 Å². The van der Waals surface area contributed by atoms with Crippen LogP contribution in [0.2, 0.25) is 0 Å². The topological polar surface area (TPSA) is 124 Å². The molecule has 0 saturated heterocycles. The third-order valence-electron chi connectivity index (χ3n) is 18.0. The van der Waals surface area contributed by atoms with E-state index >= 15 is 0 Å². The lowest BCUT2D eigenvalue weighted by molar-refractivity contribution is 0.00474. The summed E-state index contributed by atoms with van der Waals surface area (Å²) in [6.45, 7) is 45.6. The summed E-state index contributed by atoms with van der Waals surface area (Å²) in [5, 5.41) is 26.1. The third kappa shape index (κ3) is 17.6. The van der Waals surface area contributed by atoms with Crippen molar-refractivity contribution in [1.82, 2.24) is 0 Å². The van der Waals surface area contributed by atoms with Gasteiger partial charge in [-0.2, -0.15) is 0 Å². The number of fused-ring (bicyclic) bond motifs is 13. The van der Waals surface area contributed by atoms with Crippen molar-refractivity contribution >= 4 is 0 Å². The molecule has 0 aliphatic carbocycles. The Bertz CT molecular complexity index is 3280. The molecule has 3 heterocycles. The Hall–Kier alpha value is -6.08. The van der Waals surface area contributed by atoms with E-state index in [1.54, 1.807) is 0 Å². The minimum absolute atomic E-state index is 0.205. The molecule has 11 nitrogen and oxygen atoms in total. The molecule has 6 aromatic rings. The first-order valence-electron chi connectivity index (χ1n) is 33.5. The van der Waals surface area contributed by atoms with Crippen LogP contribution in [-0.2, 0) is 94.7 Å². The zero-order chi connectivity index (χ0) is 65.8. The standard InChI is InChI=1S/C80H108O11/c1-75(2,3)63-39-51-33-52-40-64(76(4,5)6)42-54(70(52)82)35-56-44-66(78(10,11)12)46-58-37-60-48-68(80(16,17)18)50-62-38-61-49-67(79(13,14)15)47-59(73(61)90-31-27-84-21-19-83-20-22-85-28-32-91-74(60)62)36-57-45-65(77(7,8)9)43-55(34-53(41-63)69(51)81)71(57)88-29-25-86-23-24-87-26-30-89-72(56)58/h39-50,81-82H,19-38H2,1-18H3. The van der Waals surface area contributed by atoms with Crippen molar-refractivity contribution in [2.75, 3.05) is 92.5 Å². The van der Waals surface area contributed by atoms with Gasteiger partial charge in [0.25, 0.3) is 0 Å². The zero-order valence-electron chi connectivity index (χ0n) is 58.6. The number of phenols is 2. The third-order valence-corrected chi connectivity index (χ3v) is 18.0. The predicted octanol–water partition coefficient (Wildman–Crippen LogP) is 16.4. The number of hydrogen-bond acceptors (Lipinski definition) is 11. The quantitative estimate of drug-likeness (QED) is 0.141. The van der Waals surface area contributed by atoms with Gasteiger partial charge in [-0.1, -0.05) is 197 Å². The molecule has 0 saturated carbocycles. The molecule has 0 radical (unpaired) electrons. The van der Waals surface area contributed by atoms with E-state index in [0.29, 0.717) is 118 Å². The highest BCUT2D eigenvalue weighted by atomic mass is 16.6. The van der Waals surface area contributed by atoms with Crippen molar-refractivity contribution < 1.29 is 52.8 Å². The number of ether oxygens (including phenoxy) is 9. The van der Waals surface area contributed by atoms with Crippen LogP contribution in [0.1, 0.15) is 225 Å². The minimum atomic E-state index is -0.288. The van der Waals surface area contributed by atoms with Gasteiger partial charge in [0.1, 0.15) is 60.9 Å². The molecule has 12 bridgehead atoms. The van der Waals surface area contributed by atoms with Crippen molar-refractivity contribution in [3.63, 3.8) is 0 Å². The van der Waals surface area contributed by atoms with E-state index in [-0.39, 0.29) is 57.2 Å². The molecule has 9 rings (SSSR count). The Morgan fingerprint density at radius 2 is 0.341 bits per heavy atom. The highest BCUT2D eigenvalue weighted by Crippen LogP contribution is 2.46. The number of phenolic OH excluding ortho intramolecular Hbond substituents is 2. The normalized spacial score (nSPS) is 16.9. The summed E-state index contributed by atoms with van der Waals surface area (Å²) in [7, 11) is 0. The van der Waals surface area contributed by atoms with E-state index in [0.717, 1.165) is 112 Å². The summed E-state index contributed by atoms with van der Waals surface area (Å²) in [5.41, 5.74) is 16.2. The molecule has 11 heteroatoms. The molecule has 0 atom stereocenters. The average molecular weight is 1250 g/mol. The van der Waals surface area contributed by atoms with Crippen LogP contribution in [-0.4, -0.2) is 103 Å². The summed E-state index contributed by atoms with van der Waals surface area (Å²) >= 11 is 0. The Morgan fingerprint density at radius 3 is 0.505 bits per heavy atom. The molecule has 3 aliphatic rings. The van der Waals surface area contributed by atoms with Gasteiger partial charge in [0.15, 0.2) is 0 Å². The molecule has 0 spiro atoms. The van der Waals surface area contributed by atoms with E-state index in [9.17, 15) is 10.2 Å². The van der Waals surface area contributed by atoms with Crippen LogP contribution in [0.15, 0.2) is 72.8 Å². The smallest absolute Gasteiger partial charge is 0.126 e. The van der Waals surface area contributed by atoms with Gasteiger partial charge in [-0.3, -0.25) is 0 Å². The zero-order valence-corrected chi connectivity index (χ0v) is 58.6. The van der Waals surface area contributed by atoms with Crippen LogP contribution in [0.3, 0.4) is 0 Å². The molecule has 0 aromatic heterocycles. The molecule has 0 unspecified atom stereocenters. The summed E-state index contributed by atoms with van der Waals surface area (Å²) < 4.78 is 59.9. The molecule has 6 aromatic carbocycles. The van der Waals surface area contributed by atoms with Crippen LogP contribution in [0.5, 0.6) is 34.5 Å². The Morgan fingerprint density at radius 1 is 0.209 bits per heavy atom. The van der Waals surface area contributed by atoms with E-state index < -0.39 is 0 Å². The molecule has 2 N–H and O–H groups in total. The average Bonchev–Trinajstić information content (AvgIpc) is 0.902. The van der Waals surface area contributed by atoms with Crippen molar-refractivity contribution in [2.45, 2.75) is 196 Å². The maximum Gasteiger partial charge on any atom is 0.126 e. The lowest BCUT2D eigenvalue weighted by Crippen LogP contribution is -2.19. The summed E-state index contributed by atoms with van der Waals surface area (Å²) in [5.74, 6) is 3.50. The van der Waals surface area contributed by atoms with Crippen molar-refractivity contribution in [3.05, 3.63) is 173 Å². The summed E-state index contributed by atoms with van der Waals surface area (Å²) in [6.07, 6.45) is 2.47. The van der Waals surface area contributed by atoms with Gasteiger partial charge in [0.2, 0.25) is 0 Å².